The number of rotatable bonds is 6. The van der Waals surface area contributed by atoms with Gasteiger partial charge in [0.2, 0.25) is 10.0 Å². The third kappa shape index (κ3) is 3.94. The standard InChI is InChI=1S/C22H28N2O2S/c1-15(2)17-10-12-18(13-11-17)27(25,26)23-14-22(4,5)21-16(3)24-20-9-7-6-8-19(20)21/h6-13,15,23-24H,14H2,1-5H3. The molecular weight excluding hydrogens is 356 g/mol. The van der Waals surface area contributed by atoms with Gasteiger partial charge in [-0.2, -0.15) is 0 Å². The van der Waals surface area contributed by atoms with Gasteiger partial charge >= 0.3 is 0 Å². The number of aromatic nitrogens is 1. The zero-order valence-electron chi connectivity index (χ0n) is 16.6. The molecule has 3 rings (SSSR count). The molecule has 0 aliphatic rings. The normalized spacial score (nSPS) is 12.8. The lowest BCUT2D eigenvalue weighted by molar-refractivity contribution is 0.502. The summed E-state index contributed by atoms with van der Waals surface area (Å²) in [5, 5.41) is 1.14. The van der Waals surface area contributed by atoms with Crippen molar-refractivity contribution in [1.29, 1.82) is 0 Å². The number of aromatic amines is 1. The number of H-pyrrole nitrogens is 1. The molecule has 3 aromatic rings. The highest BCUT2D eigenvalue weighted by atomic mass is 32.2. The maximum Gasteiger partial charge on any atom is 0.240 e. The summed E-state index contributed by atoms with van der Waals surface area (Å²) in [6.07, 6.45) is 0. The van der Waals surface area contributed by atoms with Crippen LogP contribution in [-0.4, -0.2) is 19.9 Å². The summed E-state index contributed by atoms with van der Waals surface area (Å²) in [6, 6.07) is 15.3. The van der Waals surface area contributed by atoms with Crippen LogP contribution in [-0.2, 0) is 15.4 Å². The summed E-state index contributed by atoms with van der Waals surface area (Å²) in [4.78, 5) is 3.71. The molecule has 144 valence electrons. The van der Waals surface area contributed by atoms with Gasteiger partial charge in [-0.05, 0) is 42.2 Å². The van der Waals surface area contributed by atoms with Crippen molar-refractivity contribution in [2.24, 2.45) is 0 Å². The third-order valence-corrected chi connectivity index (χ3v) is 6.55. The van der Waals surface area contributed by atoms with Crippen LogP contribution in [0.5, 0.6) is 0 Å². The highest BCUT2D eigenvalue weighted by Crippen LogP contribution is 2.33. The van der Waals surface area contributed by atoms with Crippen molar-refractivity contribution in [3.05, 3.63) is 65.4 Å². The van der Waals surface area contributed by atoms with Crippen LogP contribution in [0.1, 0.15) is 50.4 Å². The van der Waals surface area contributed by atoms with Gasteiger partial charge in [0.25, 0.3) is 0 Å². The molecule has 27 heavy (non-hydrogen) atoms. The quantitative estimate of drug-likeness (QED) is 0.638. The van der Waals surface area contributed by atoms with Gasteiger partial charge in [0.1, 0.15) is 0 Å². The summed E-state index contributed by atoms with van der Waals surface area (Å²) in [6.45, 7) is 10.7. The number of nitrogens with one attached hydrogen (secondary N) is 2. The molecule has 0 saturated carbocycles. The lowest BCUT2D eigenvalue weighted by atomic mass is 9.83. The molecule has 0 unspecified atom stereocenters. The summed E-state index contributed by atoms with van der Waals surface area (Å²) in [7, 11) is -3.55. The van der Waals surface area contributed by atoms with Gasteiger partial charge in [-0.3, -0.25) is 0 Å². The van der Waals surface area contributed by atoms with E-state index in [1.807, 2.05) is 37.3 Å². The number of hydrogen-bond donors (Lipinski definition) is 2. The maximum atomic E-state index is 12.8. The minimum absolute atomic E-state index is 0.304. The fourth-order valence-corrected chi connectivity index (χ4v) is 4.84. The Balaban J connectivity index is 1.84. The van der Waals surface area contributed by atoms with Crippen LogP contribution in [0.4, 0.5) is 0 Å². The third-order valence-electron chi connectivity index (χ3n) is 5.13. The van der Waals surface area contributed by atoms with Crippen molar-refractivity contribution >= 4 is 20.9 Å². The van der Waals surface area contributed by atoms with Crippen LogP contribution in [0.3, 0.4) is 0 Å². The summed E-state index contributed by atoms with van der Waals surface area (Å²) < 4.78 is 28.3. The predicted molar refractivity (Wildman–Crippen MR) is 112 cm³/mol. The van der Waals surface area contributed by atoms with Crippen molar-refractivity contribution in [3.8, 4) is 0 Å². The first-order valence-electron chi connectivity index (χ1n) is 9.29. The first kappa shape index (κ1) is 19.6. The molecular formula is C22H28N2O2S. The molecule has 1 heterocycles. The fourth-order valence-electron chi connectivity index (χ4n) is 3.63. The Labute approximate surface area is 162 Å². The van der Waals surface area contributed by atoms with E-state index in [4.69, 9.17) is 0 Å². The van der Waals surface area contributed by atoms with Gasteiger partial charge in [-0.25, -0.2) is 13.1 Å². The van der Waals surface area contributed by atoms with Crippen molar-refractivity contribution in [2.75, 3.05) is 6.54 Å². The topological polar surface area (TPSA) is 62.0 Å². The van der Waals surface area contributed by atoms with E-state index in [1.165, 1.54) is 0 Å². The molecule has 2 aromatic carbocycles. The maximum absolute atomic E-state index is 12.8. The monoisotopic (exact) mass is 384 g/mol. The van der Waals surface area contributed by atoms with E-state index in [1.54, 1.807) is 12.1 Å². The van der Waals surface area contributed by atoms with Crippen LogP contribution in [0.15, 0.2) is 53.4 Å². The molecule has 2 N–H and O–H groups in total. The molecule has 0 saturated heterocycles. The molecule has 0 aliphatic heterocycles. The molecule has 0 aliphatic carbocycles. The number of hydrogen-bond acceptors (Lipinski definition) is 2. The van der Waals surface area contributed by atoms with E-state index >= 15 is 0 Å². The SMILES string of the molecule is Cc1[nH]c2ccccc2c1C(C)(C)CNS(=O)(=O)c1ccc(C(C)C)cc1. The van der Waals surface area contributed by atoms with Gasteiger partial charge in [0.15, 0.2) is 0 Å². The van der Waals surface area contributed by atoms with Crippen LogP contribution < -0.4 is 4.72 Å². The molecule has 0 bridgehead atoms. The number of fused-ring (bicyclic) bond motifs is 1. The Morgan fingerprint density at radius 2 is 1.67 bits per heavy atom. The fraction of sp³-hybridized carbons (Fsp3) is 0.364. The molecule has 0 fully saturated rings. The molecule has 0 radical (unpaired) electrons. The Bertz CT molecular complexity index is 1050. The Morgan fingerprint density at radius 3 is 2.30 bits per heavy atom. The van der Waals surface area contributed by atoms with Crippen molar-refractivity contribution in [3.63, 3.8) is 0 Å². The molecule has 4 nitrogen and oxygen atoms in total. The number of aryl methyl sites for hydroxylation is 1. The van der Waals surface area contributed by atoms with E-state index in [9.17, 15) is 8.42 Å². The van der Waals surface area contributed by atoms with Crippen molar-refractivity contribution in [1.82, 2.24) is 9.71 Å². The first-order chi connectivity index (χ1) is 12.6. The van der Waals surface area contributed by atoms with Crippen LogP contribution in [0, 0.1) is 6.92 Å². The van der Waals surface area contributed by atoms with Gasteiger partial charge in [0.05, 0.1) is 4.90 Å². The van der Waals surface area contributed by atoms with Crippen molar-refractivity contribution in [2.45, 2.75) is 50.8 Å². The lowest BCUT2D eigenvalue weighted by Gasteiger charge is -2.26. The molecule has 5 heteroatoms. The predicted octanol–water partition coefficient (Wildman–Crippen LogP) is 4.86. The number of benzene rings is 2. The zero-order chi connectivity index (χ0) is 19.8. The Hall–Kier alpha value is -2.11. The molecule has 1 aromatic heterocycles. The molecule has 0 atom stereocenters. The Kier molecular flexibility index (Phi) is 5.19. The number of sulfonamides is 1. The lowest BCUT2D eigenvalue weighted by Crippen LogP contribution is -2.37. The molecule has 0 amide bonds. The minimum Gasteiger partial charge on any atom is -0.358 e. The average Bonchev–Trinajstić information content (AvgIpc) is 2.97. The van der Waals surface area contributed by atoms with E-state index in [0.717, 1.165) is 27.7 Å². The average molecular weight is 385 g/mol. The van der Waals surface area contributed by atoms with Crippen molar-refractivity contribution < 1.29 is 8.42 Å². The summed E-state index contributed by atoms with van der Waals surface area (Å²) in [5.41, 5.74) is 4.07. The van der Waals surface area contributed by atoms with Crippen LogP contribution >= 0.6 is 0 Å². The largest absolute Gasteiger partial charge is 0.358 e. The highest BCUT2D eigenvalue weighted by molar-refractivity contribution is 7.89. The molecule has 0 spiro atoms. The second kappa shape index (κ2) is 7.13. The van der Waals surface area contributed by atoms with Gasteiger partial charge in [-0.1, -0.05) is 58.0 Å². The Morgan fingerprint density at radius 1 is 1.04 bits per heavy atom. The second-order valence-corrected chi connectivity index (χ2v) is 9.87. The van der Waals surface area contributed by atoms with Gasteiger partial charge in [-0.15, -0.1) is 0 Å². The summed E-state index contributed by atoms with van der Waals surface area (Å²) in [5.74, 6) is 0.374. The van der Waals surface area contributed by atoms with Crippen LogP contribution in [0.2, 0.25) is 0 Å². The van der Waals surface area contributed by atoms with E-state index in [0.29, 0.717) is 17.4 Å². The smallest absolute Gasteiger partial charge is 0.240 e. The zero-order valence-corrected chi connectivity index (χ0v) is 17.4. The van der Waals surface area contributed by atoms with Gasteiger partial charge in [0, 0.05) is 28.6 Å². The first-order valence-corrected chi connectivity index (χ1v) is 10.8. The van der Waals surface area contributed by atoms with Crippen LogP contribution in [0.25, 0.3) is 10.9 Å². The highest BCUT2D eigenvalue weighted by Gasteiger charge is 2.28. The second-order valence-electron chi connectivity index (χ2n) is 8.10. The minimum atomic E-state index is -3.55. The van der Waals surface area contributed by atoms with E-state index in [2.05, 4.69) is 43.5 Å². The number of para-hydroxylation sites is 1. The van der Waals surface area contributed by atoms with E-state index in [-0.39, 0.29) is 5.41 Å². The van der Waals surface area contributed by atoms with Gasteiger partial charge < -0.3 is 4.98 Å². The summed E-state index contributed by atoms with van der Waals surface area (Å²) >= 11 is 0. The van der Waals surface area contributed by atoms with E-state index < -0.39 is 10.0 Å².